The molecule has 0 aliphatic heterocycles. The highest BCUT2D eigenvalue weighted by molar-refractivity contribution is 5.83. The molecule has 0 saturated heterocycles. The molecule has 0 aliphatic carbocycles. The highest BCUT2D eigenvalue weighted by Crippen LogP contribution is 2.16. The topological polar surface area (TPSA) is 69.2 Å². The lowest BCUT2D eigenvalue weighted by Gasteiger charge is -2.06. The van der Waals surface area contributed by atoms with Gasteiger partial charge in [-0.05, 0) is 60.5 Å². The molecule has 0 aliphatic rings. The monoisotopic (exact) mass is 356 g/mol. The van der Waals surface area contributed by atoms with Crippen LogP contribution in [0.4, 0.5) is 0 Å². The van der Waals surface area contributed by atoms with Crippen LogP contribution in [0.15, 0.2) is 53.6 Å². The van der Waals surface area contributed by atoms with Crippen molar-refractivity contribution in [3.8, 4) is 17.2 Å². The van der Waals surface area contributed by atoms with E-state index in [4.69, 9.17) is 14.2 Å². The third-order valence-electron chi connectivity index (χ3n) is 3.48. The number of methoxy groups -OCH3 is 1. The van der Waals surface area contributed by atoms with Gasteiger partial charge in [-0.15, -0.1) is 0 Å². The van der Waals surface area contributed by atoms with Gasteiger partial charge in [0.05, 0.1) is 19.9 Å². The lowest BCUT2D eigenvalue weighted by atomic mass is 10.2. The predicted molar refractivity (Wildman–Crippen MR) is 101 cm³/mol. The Bertz CT molecular complexity index is 697. The molecule has 0 heterocycles. The van der Waals surface area contributed by atoms with Gasteiger partial charge in [0.25, 0.3) is 5.91 Å². The minimum Gasteiger partial charge on any atom is -0.497 e. The van der Waals surface area contributed by atoms with Crippen molar-refractivity contribution in [3.63, 3.8) is 0 Å². The summed E-state index contributed by atoms with van der Waals surface area (Å²) in [6, 6.07) is 14.5. The maximum absolute atomic E-state index is 11.7. The fraction of sp³-hybridized carbons (Fsp3) is 0.300. The van der Waals surface area contributed by atoms with Crippen LogP contribution in [-0.4, -0.2) is 32.4 Å². The number of hydrogen-bond acceptors (Lipinski definition) is 5. The lowest BCUT2D eigenvalue weighted by molar-refractivity contribution is -0.123. The third kappa shape index (κ3) is 6.84. The summed E-state index contributed by atoms with van der Waals surface area (Å²) in [7, 11) is 1.59. The van der Waals surface area contributed by atoms with E-state index < -0.39 is 0 Å². The molecule has 6 nitrogen and oxygen atoms in total. The van der Waals surface area contributed by atoms with E-state index in [1.807, 2.05) is 24.3 Å². The van der Waals surface area contributed by atoms with Crippen LogP contribution in [0, 0.1) is 0 Å². The van der Waals surface area contributed by atoms with Crippen molar-refractivity contribution in [1.29, 1.82) is 0 Å². The van der Waals surface area contributed by atoms with Crippen LogP contribution in [0.3, 0.4) is 0 Å². The number of hydrazone groups is 1. The molecule has 0 spiro atoms. The Balaban J connectivity index is 1.72. The standard InChI is InChI=1S/C20H24N2O4/c1-3-4-13-25-18-7-5-16(6-8-18)14-21-22-20(23)15-26-19-11-9-17(24-2)10-12-19/h5-12,14H,3-4,13,15H2,1-2H3,(H,22,23)/b21-14-. The summed E-state index contributed by atoms with van der Waals surface area (Å²) < 4.78 is 16.0. The fourth-order valence-electron chi connectivity index (χ4n) is 2.02. The molecule has 6 heteroatoms. The first-order valence-corrected chi connectivity index (χ1v) is 8.53. The number of ether oxygens (including phenoxy) is 3. The Morgan fingerprint density at radius 1 is 1.00 bits per heavy atom. The number of benzene rings is 2. The van der Waals surface area contributed by atoms with E-state index in [0.717, 1.165) is 29.9 Å². The summed E-state index contributed by atoms with van der Waals surface area (Å²) in [6.45, 7) is 2.72. The second kappa shape index (κ2) is 10.8. The first kappa shape index (κ1) is 19.3. The van der Waals surface area contributed by atoms with Crippen molar-refractivity contribution in [2.45, 2.75) is 19.8 Å². The van der Waals surface area contributed by atoms with Gasteiger partial charge >= 0.3 is 0 Å². The third-order valence-corrected chi connectivity index (χ3v) is 3.48. The molecular formula is C20H24N2O4. The quantitative estimate of drug-likeness (QED) is 0.402. The fourth-order valence-corrected chi connectivity index (χ4v) is 2.02. The first-order chi connectivity index (χ1) is 12.7. The summed E-state index contributed by atoms with van der Waals surface area (Å²) >= 11 is 0. The Kier molecular flexibility index (Phi) is 7.99. The van der Waals surface area contributed by atoms with Crippen molar-refractivity contribution >= 4 is 12.1 Å². The SMILES string of the molecule is CCCCOc1ccc(/C=N\NC(=O)COc2ccc(OC)cc2)cc1. The maximum atomic E-state index is 11.7. The second-order valence-electron chi connectivity index (χ2n) is 5.53. The van der Waals surface area contributed by atoms with Gasteiger partial charge in [-0.3, -0.25) is 4.79 Å². The highest BCUT2D eigenvalue weighted by atomic mass is 16.5. The lowest BCUT2D eigenvalue weighted by Crippen LogP contribution is -2.24. The molecule has 0 bridgehead atoms. The predicted octanol–water partition coefficient (Wildman–Crippen LogP) is 3.40. The molecular weight excluding hydrogens is 332 g/mol. The number of hydrogen-bond donors (Lipinski definition) is 1. The molecule has 0 unspecified atom stereocenters. The molecule has 0 aromatic heterocycles. The van der Waals surface area contributed by atoms with Crippen LogP contribution >= 0.6 is 0 Å². The number of rotatable bonds is 10. The van der Waals surface area contributed by atoms with E-state index in [2.05, 4.69) is 17.5 Å². The first-order valence-electron chi connectivity index (χ1n) is 8.53. The summed E-state index contributed by atoms with van der Waals surface area (Å²) in [5, 5.41) is 3.92. The van der Waals surface area contributed by atoms with Crippen LogP contribution in [0.5, 0.6) is 17.2 Å². The smallest absolute Gasteiger partial charge is 0.277 e. The number of nitrogens with one attached hydrogen (secondary N) is 1. The van der Waals surface area contributed by atoms with E-state index in [1.54, 1.807) is 37.6 Å². The molecule has 26 heavy (non-hydrogen) atoms. The van der Waals surface area contributed by atoms with Gasteiger partial charge in [-0.1, -0.05) is 13.3 Å². The molecule has 2 rings (SSSR count). The second-order valence-corrected chi connectivity index (χ2v) is 5.53. The van der Waals surface area contributed by atoms with Crippen LogP contribution in [0.1, 0.15) is 25.3 Å². The summed E-state index contributed by atoms with van der Waals surface area (Å²) in [6.07, 6.45) is 3.71. The molecule has 0 saturated carbocycles. The molecule has 2 aromatic carbocycles. The van der Waals surface area contributed by atoms with Gasteiger partial charge in [0.15, 0.2) is 6.61 Å². The zero-order valence-corrected chi connectivity index (χ0v) is 15.1. The average molecular weight is 356 g/mol. The normalized spacial score (nSPS) is 10.5. The summed E-state index contributed by atoms with van der Waals surface area (Å²) in [5.74, 6) is 1.81. The summed E-state index contributed by atoms with van der Waals surface area (Å²) in [5.41, 5.74) is 3.30. The van der Waals surface area contributed by atoms with Gasteiger partial charge in [-0.25, -0.2) is 5.43 Å². The zero-order chi connectivity index (χ0) is 18.6. The largest absolute Gasteiger partial charge is 0.497 e. The highest BCUT2D eigenvalue weighted by Gasteiger charge is 2.01. The van der Waals surface area contributed by atoms with E-state index in [1.165, 1.54) is 0 Å². The van der Waals surface area contributed by atoms with Crippen molar-refractivity contribution in [2.24, 2.45) is 5.10 Å². The Hall–Kier alpha value is -3.02. The van der Waals surface area contributed by atoms with E-state index in [-0.39, 0.29) is 12.5 Å². The number of amides is 1. The minimum absolute atomic E-state index is 0.117. The average Bonchev–Trinajstić information content (AvgIpc) is 2.68. The van der Waals surface area contributed by atoms with E-state index in [0.29, 0.717) is 12.4 Å². The van der Waals surface area contributed by atoms with Crippen LogP contribution < -0.4 is 19.6 Å². The molecule has 1 amide bonds. The van der Waals surface area contributed by atoms with Gasteiger partial charge < -0.3 is 14.2 Å². The minimum atomic E-state index is -0.336. The molecule has 1 N–H and O–H groups in total. The number of carbonyl (C=O) groups excluding carboxylic acids is 1. The molecule has 0 fully saturated rings. The summed E-state index contributed by atoms with van der Waals surface area (Å²) in [4.78, 5) is 11.7. The van der Waals surface area contributed by atoms with Gasteiger partial charge in [-0.2, -0.15) is 5.10 Å². The van der Waals surface area contributed by atoms with Crippen molar-refractivity contribution in [2.75, 3.05) is 20.3 Å². The van der Waals surface area contributed by atoms with E-state index >= 15 is 0 Å². The Morgan fingerprint density at radius 2 is 1.62 bits per heavy atom. The van der Waals surface area contributed by atoms with Crippen LogP contribution in [-0.2, 0) is 4.79 Å². The number of carbonyl (C=O) groups is 1. The molecule has 0 atom stereocenters. The number of nitrogens with zero attached hydrogens (tertiary/aromatic N) is 1. The zero-order valence-electron chi connectivity index (χ0n) is 15.1. The maximum Gasteiger partial charge on any atom is 0.277 e. The van der Waals surface area contributed by atoms with Gasteiger partial charge in [0.1, 0.15) is 17.2 Å². The Labute approximate surface area is 153 Å². The molecule has 2 aromatic rings. The van der Waals surface area contributed by atoms with Crippen LogP contribution in [0.25, 0.3) is 0 Å². The van der Waals surface area contributed by atoms with Crippen LogP contribution in [0.2, 0.25) is 0 Å². The van der Waals surface area contributed by atoms with Gasteiger partial charge in [0.2, 0.25) is 0 Å². The van der Waals surface area contributed by atoms with Crippen molar-refractivity contribution in [1.82, 2.24) is 5.43 Å². The van der Waals surface area contributed by atoms with Gasteiger partial charge in [0, 0.05) is 0 Å². The molecule has 138 valence electrons. The molecule has 0 radical (unpaired) electrons. The Morgan fingerprint density at radius 3 is 2.27 bits per heavy atom. The van der Waals surface area contributed by atoms with Crippen molar-refractivity contribution < 1.29 is 19.0 Å². The van der Waals surface area contributed by atoms with Crippen molar-refractivity contribution in [3.05, 3.63) is 54.1 Å². The number of unbranched alkanes of at least 4 members (excludes halogenated alkanes) is 1. The van der Waals surface area contributed by atoms with E-state index in [9.17, 15) is 4.79 Å².